The summed E-state index contributed by atoms with van der Waals surface area (Å²) < 4.78 is 4.96. The van der Waals surface area contributed by atoms with Crippen molar-refractivity contribution >= 4 is 5.91 Å². The Kier molecular flexibility index (Phi) is 5.88. The van der Waals surface area contributed by atoms with E-state index in [0.29, 0.717) is 6.61 Å². The van der Waals surface area contributed by atoms with Gasteiger partial charge in [0.15, 0.2) is 0 Å². The van der Waals surface area contributed by atoms with Gasteiger partial charge in [0.2, 0.25) is 5.91 Å². The van der Waals surface area contributed by atoms with Crippen LogP contribution in [0, 0.1) is 0 Å². The molecular formula is C12H24N2O3. The largest absolute Gasteiger partial charge is 0.394 e. The van der Waals surface area contributed by atoms with Crippen LogP contribution in [0.15, 0.2) is 0 Å². The van der Waals surface area contributed by atoms with E-state index in [4.69, 9.17) is 9.84 Å². The smallest absolute Gasteiger partial charge is 0.240 e. The molecule has 1 amide bonds. The molecule has 2 atom stereocenters. The zero-order chi connectivity index (χ0) is 12.7. The number of nitrogens with one attached hydrogen (secondary N) is 2. The second-order valence-corrected chi connectivity index (χ2v) is 4.67. The first-order valence-corrected chi connectivity index (χ1v) is 6.34. The summed E-state index contributed by atoms with van der Waals surface area (Å²) in [6.07, 6.45) is 3.71. The lowest BCUT2D eigenvalue weighted by Crippen LogP contribution is -2.57. The zero-order valence-electron chi connectivity index (χ0n) is 10.8. The summed E-state index contributed by atoms with van der Waals surface area (Å²) in [5, 5.41) is 15.3. The summed E-state index contributed by atoms with van der Waals surface area (Å²) >= 11 is 0. The number of methoxy groups -OCH3 is 1. The SMILES string of the molecule is CCCC1(C(=O)NC(CO)COC)CCCN1. The molecule has 5 nitrogen and oxygen atoms in total. The summed E-state index contributed by atoms with van der Waals surface area (Å²) in [5.74, 6) is -0.00653. The Morgan fingerprint density at radius 2 is 2.41 bits per heavy atom. The van der Waals surface area contributed by atoms with Gasteiger partial charge in [-0.15, -0.1) is 0 Å². The van der Waals surface area contributed by atoms with Gasteiger partial charge in [-0.25, -0.2) is 0 Å². The fourth-order valence-corrected chi connectivity index (χ4v) is 2.42. The van der Waals surface area contributed by atoms with Gasteiger partial charge in [-0.2, -0.15) is 0 Å². The monoisotopic (exact) mass is 244 g/mol. The highest BCUT2D eigenvalue weighted by Crippen LogP contribution is 2.25. The lowest BCUT2D eigenvalue weighted by atomic mass is 9.90. The van der Waals surface area contributed by atoms with Gasteiger partial charge in [0.05, 0.1) is 24.8 Å². The molecule has 3 N–H and O–H groups in total. The summed E-state index contributed by atoms with van der Waals surface area (Å²) in [5.41, 5.74) is -0.435. The first kappa shape index (κ1) is 14.4. The quantitative estimate of drug-likeness (QED) is 0.591. The number of hydrogen-bond donors (Lipinski definition) is 3. The van der Waals surface area contributed by atoms with Gasteiger partial charge in [-0.05, 0) is 25.8 Å². The molecule has 0 bridgehead atoms. The Morgan fingerprint density at radius 3 is 2.88 bits per heavy atom. The second kappa shape index (κ2) is 6.93. The molecule has 0 aromatic heterocycles. The molecule has 100 valence electrons. The van der Waals surface area contributed by atoms with E-state index < -0.39 is 5.54 Å². The lowest BCUT2D eigenvalue weighted by molar-refractivity contribution is -0.129. The van der Waals surface area contributed by atoms with Gasteiger partial charge >= 0.3 is 0 Å². The number of aliphatic hydroxyl groups is 1. The van der Waals surface area contributed by atoms with E-state index in [1.165, 1.54) is 0 Å². The summed E-state index contributed by atoms with van der Waals surface area (Å²) in [7, 11) is 1.56. The van der Waals surface area contributed by atoms with Crippen LogP contribution < -0.4 is 10.6 Å². The van der Waals surface area contributed by atoms with Crippen LogP contribution in [0.25, 0.3) is 0 Å². The first-order chi connectivity index (χ1) is 8.18. The van der Waals surface area contributed by atoms with Crippen molar-refractivity contribution in [2.75, 3.05) is 26.9 Å². The van der Waals surface area contributed by atoms with Crippen LogP contribution in [0.3, 0.4) is 0 Å². The predicted octanol–water partition coefficient (Wildman–Crippen LogP) is 0.0322. The third kappa shape index (κ3) is 3.66. The van der Waals surface area contributed by atoms with Crippen molar-refractivity contribution in [1.29, 1.82) is 0 Å². The Bertz CT molecular complexity index is 240. The average Bonchev–Trinajstić information content (AvgIpc) is 2.78. The number of carbonyl (C=O) groups excluding carboxylic acids is 1. The van der Waals surface area contributed by atoms with Crippen LogP contribution in [0.4, 0.5) is 0 Å². The Morgan fingerprint density at radius 1 is 1.65 bits per heavy atom. The van der Waals surface area contributed by atoms with Crippen LogP contribution in [0.2, 0.25) is 0 Å². The van der Waals surface area contributed by atoms with Crippen LogP contribution in [0.5, 0.6) is 0 Å². The molecule has 5 heteroatoms. The third-order valence-corrected chi connectivity index (χ3v) is 3.28. The fourth-order valence-electron chi connectivity index (χ4n) is 2.42. The summed E-state index contributed by atoms with van der Waals surface area (Å²) in [6, 6.07) is -0.316. The Balaban J connectivity index is 2.58. The van der Waals surface area contributed by atoms with Crippen molar-refractivity contribution in [1.82, 2.24) is 10.6 Å². The van der Waals surface area contributed by atoms with E-state index >= 15 is 0 Å². The molecule has 1 fully saturated rings. The number of ether oxygens (including phenoxy) is 1. The molecule has 0 aromatic carbocycles. The van der Waals surface area contributed by atoms with E-state index in [0.717, 1.165) is 32.2 Å². The summed E-state index contributed by atoms with van der Waals surface area (Å²) in [4.78, 5) is 12.3. The van der Waals surface area contributed by atoms with Crippen molar-refractivity contribution in [2.24, 2.45) is 0 Å². The maximum absolute atomic E-state index is 12.3. The molecule has 0 aromatic rings. The molecule has 0 spiro atoms. The molecule has 1 aliphatic rings. The molecular weight excluding hydrogens is 220 g/mol. The molecule has 17 heavy (non-hydrogen) atoms. The van der Waals surface area contributed by atoms with Crippen molar-refractivity contribution in [3.8, 4) is 0 Å². The highest BCUT2D eigenvalue weighted by atomic mass is 16.5. The van der Waals surface area contributed by atoms with Crippen LogP contribution in [0.1, 0.15) is 32.6 Å². The van der Waals surface area contributed by atoms with Crippen LogP contribution >= 0.6 is 0 Å². The molecule has 0 aliphatic carbocycles. The molecule has 2 unspecified atom stereocenters. The highest BCUT2D eigenvalue weighted by molar-refractivity contribution is 5.87. The van der Waals surface area contributed by atoms with Crippen molar-refractivity contribution in [3.05, 3.63) is 0 Å². The van der Waals surface area contributed by atoms with Crippen LogP contribution in [-0.4, -0.2) is 49.5 Å². The fraction of sp³-hybridized carbons (Fsp3) is 0.917. The van der Waals surface area contributed by atoms with E-state index in [1.807, 2.05) is 0 Å². The minimum atomic E-state index is -0.435. The Labute approximate surface area is 103 Å². The minimum absolute atomic E-state index is 0.00653. The van der Waals surface area contributed by atoms with Crippen molar-refractivity contribution in [2.45, 2.75) is 44.2 Å². The standard InChI is InChI=1S/C12H24N2O3/c1-3-5-12(6-4-7-13-12)11(16)14-10(8-15)9-17-2/h10,13,15H,3-9H2,1-2H3,(H,14,16). The molecule has 0 radical (unpaired) electrons. The van der Waals surface area contributed by atoms with Gasteiger partial charge in [-0.3, -0.25) is 4.79 Å². The predicted molar refractivity (Wildman–Crippen MR) is 65.8 cm³/mol. The topological polar surface area (TPSA) is 70.6 Å². The van der Waals surface area contributed by atoms with E-state index in [9.17, 15) is 4.79 Å². The highest BCUT2D eigenvalue weighted by Gasteiger charge is 2.40. The summed E-state index contributed by atoms with van der Waals surface area (Å²) in [6.45, 7) is 3.21. The average molecular weight is 244 g/mol. The Hall–Kier alpha value is -0.650. The van der Waals surface area contributed by atoms with E-state index in [2.05, 4.69) is 17.6 Å². The molecule has 1 saturated heterocycles. The molecule has 1 rings (SSSR count). The molecule has 1 heterocycles. The number of aliphatic hydroxyl groups excluding tert-OH is 1. The van der Waals surface area contributed by atoms with Crippen molar-refractivity contribution in [3.63, 3.8) is 0 Å². The number of hydrogen-bond acceptors (Lipinski definition) is 4. The molecule has 1 aliphatic heterocycles. The number of carbonyl (C=O) groups is 1. The van der Waals surface area contributed by atoms with Gasteiger partial charge < -0.3 is 20.5 Å². The van der Waals surface area contributed by atoms with E-state index in [-0.39, 0.29) is 18.6 Å². The third-order valence-electron chi connectivity index (χ3n) is 3.28. The first-order valence-electron chi connectivity index (χ1n) is 6.34. The maximum atomic E-state index is 12.3. The normalized spacial score (nSPS) is 25.8. The van der Waals surface area contributed by atoms with Crippen molar-refractivity contribution < 1.29 is 14.6 Å². The van der Waals surface area contributed by atoms with E-state index in [1.54, 1.807) is 7.11 Å². The lowest BCUT2D eigenvalue weighted by Gasteiger charge is -2.30. The number of rotatable bonds is 7. The zero-order valence-corrected chi connectivity index (χ0v) is 10.8. The van der Waals surface area contributed by atoms with Gasteiger partial charge in [-0.1, -0.05) is 13.3 Å². The second-order valence-electron chi connectivity index (χ2n) is 4.67. The van der Waals surface area contributed by atoms with Gasteiger partial charge in [0.1, 0.15) is 0 Å². The van der Waals surface area contributed by atoms with Crippen LogP contribution in [-0.2, 0) is 9.53 Å². The minimum Gasteiger partial charge on any atom is -0.394 e. The van der Waals surface area contributed by atoms with Gasteiger partial charge in [0.25, 0.3) is 0 Å². The molecule has 0 saturated carbocycles. The maximum Gasteiger partial charge on any atom is 0.240 e. The number of amides is 1. The van der Waals surface area contributed by atoms with Gasteiger partial charge in [0, 0.05) is 7.11 Å².